The van der Waals surface area contributed by atoms with E-state index in [1.807, 2.05) is 0 Å². The Labute approximate surface area is 122 Å². The average molecular weight is 287 g/mol. The molecule has 0 aliphatic heterocycles. The zero-order valence-corrected chi connectivity index (χ0v) is 11.8. The van der Waals surface area contributed by atoms with E-state index >= 15 is 0 Å². The minimum absolute atomic E-state index is 0.0461. The van der Waals surface area contributed by atoms with Gasteiger partial charge < -0.3 is 0 Å². The fourth-order valence-corrected chi connectivity index (χ4v) is 3.30. The van der Waals surface area contributed by atoms with Gasteiger partial charge in [0.1, 0.15) is 0 Å². The number of amides is 1. The lowest BCUT2D eigenvalue weighted by molar-refractivity contribution is -0.385. The van der Waals surface area contributed by atoms with Crippen LogP contribution in [0, 0.1) is 28.9 Å². The molecule has 6 heteroatoms. The molecule has 2 aliphatic carbocycles. The molecule has 1 aromatic carbocycles. The van der Waals surface area contributed by atoms with Gasteiger partial charge in [0, 0.05) is 22.9 Å². The highest BCUT2D eigenvalue weighted by Gasteiger charge is 2.36. The number of nitrogens with one attached hydrogen (secondary N) is 1. The van der Waals surface area contributed by atoms with Crippen LogP contribution in [-0.4, -0.2) is 16.5 Å². The lowest BCUT2D eigenvalue weighted by Crippen LogP contribution is -2.22. The van der Waals surface area contributed by atoms with Crippen molar-refractivity contribution in [2.24, 2.45) is 16.9 Å². The minimum atomic E-state index is -0.478. The summed E-state index contributed by atoms with van der Waals surface area (Å²) in [4.78, 5) is 22.5. The molecule has 0 spiro atoms. The van der Waals surface area contributed by atoms with Crippen LogP contribution in [0.4, 0.5) is 5.69 Å². The lowest BCUT2D eigenvalue weighted by atomic mass is 9.99. The van der Waals surface area contributed by atoms with E-state index in [0.717, 1.165) is 24.5 Å². The normalized spacial score (nSPS) is 25.3. The number of hydrogen-bond donors (Lipinski definition) is 1. The third-order valence-electron chi connectivity index (χ3n) is 4.48. The molecule has 0 saturated heterocycles. The quantitative estimate of drug-likeness (QED) is 0.685. The van der Waals surface area contributed by atoms with Crippen LogP contribution in [0.1, 0.15) is 41.6 Å². The number of carbonyl (C=O) groups excluding carboxylic acids is 1. The van der Waals surface area contributed by atoms with Crippen LogP contribution < -0.4 is 5.43 Å². The number of nitro groups is 1. The zero-order valence-electron chi connectivity index (χ0n) is 11.8. The van der Waals surface area contributed by atoms with Crippen molar-refractivity contribution in [2.75, 3.05) is 0 Å². The number of carbonyl (C=O) groups is 1. The summed E-state index contributed by atoms with van der Waals surface area (Å²) in [6, 6.07) is 4.46. The Hall–Kier alpha value is -2.24. The molecule has 2 saturated carbocycles. The van der Waals surface area contributed by atoms with Gasteiger partial charge in [-0.05, 0) is 50.5 Å². The van der Waals surface area contributed by atoms with Gasteiger partial charge in [0.15, 0.2) is 0 Å². The van der Waals surface area contributed by atoms with Gasteiger partial charge in [0.25, 0.3) is 11.6 Å². The second-order valence-corrected chi connectivity index (χ2v) is 5.88. The summed E-state index contributed by atoms with van der Waals surface area (Å²) in [5, 5.41) is 15.1. The molecule has 2 fully saturated rings. The van der Waals surface area contributed by atoms with Gasteiger partial charge in [-0.3, -0.25) is 14.9 Å². The molecule has 1 N–H and O–H groups in total. The lowest BCUT2D eigenvalue weighted by Gasteiger charge is -2.11. The van der Waals surface area contributed by atoms with E-state index in [2.05, 4.69) is 10.5 Å². The Kier molecular flexibility index (Phi) is 3.45. The topological polar surface area (TPSA) is 84.6 Å². The Bertz CT molecular complexity index is 639. The van der Waals surface area contributed by atoms with E-state index in [9.17, 15) is 14.9 Å². The number of rotatable bonds is 3. The first kappa shape index (κ1) is 13.7. The number of nitrogens with zero attached hydrogens (tertiary/aromatic N) is 2. The van der Waals surface area contributed by atoms with Gasteiger partial charge in [0.2, 0.25) is 0 Å². The smallest absolute Gasteiger partial charge is 0.267 e. The fraction of sp³-hybridized carbons (Fsp3) is 0.467. The van der Waals surface area contributed by atoms with E-state index in [4.69, 9.17) is 0 Å². The first-order valence-electron chi connectivity index (χ1n) is 7.16. The second-order valence-electron chi connectivity index (χ2n) is 5.88. The van der Waals surface area contributed by atoms with Crippen molar-refractivity contribution >= 4 is 17.3 Å². The summed E-state index contributed by atoms with van der Waals surface area (Å²) in [6.45, 7) is 1.65. The van der Waals surface area contributed by atoms with Crippen molar-refractivity contribution in [1.82, 2.24) is 5.43 Å². The van der Waals surface area contributed by atoms with Crippen LogP contribution in [0.2, 0.25) is 0 Å². The van der Waals surface area contributed by atoms with Gasteiger partial charge in [-0.2, -0.15) is 5.10 Å². The molecule has 110 valence electrons. The summed E-state index contributed by atoms with van der Waals surface area (Å²) in [7, 11) is 0. The fourth-order valence-electron chi connectivity index (χ4n) is 3.30. The first-order chi connectivity index (χ1) is 10.0. The number of nitro benzene ring substituents is 1. The second kappa shape index (κ2) is 5.27. The summed E-state index contributed by atoms with van der Waals surface area (Å²) >= 11 is 0. The average Bonchev–Trinajstić information content (AvgIpc) is 3.07. The van der Waals surface area contributed by atoms with Crippen LogP contribution in [0.5, 0.6) is 0 Å². The summed E-state index contributed by atoms with van der Waals surface area (Å²) in [6.07, 6.45) is 4.58. The molecule has 1 aromatic rings. The van der Waals surface area contributed by atoms with Crippen molar-refractivity contribution in [2.45, 2.75) is 32.6 Å². The van der Waals surface area contributed by atoms with Crippen LogP contribution in [-0.2, 0) is 0 Å². The molecular weight excluding hydrogens is 270 g/mol. The minimum Gasteiger partial charge on any atom is -0.267 e. The molecule has 0 radical (unpaired) electrons. The third kappa shape index (κ3) is 2.66. The molecule has 1 amide bonds. The molecule has 2 aliphatic rings. The summed E-state index contributed by atoms with van der Waals surface area (Å²) < 4.78 is 0. The maximum absolute atomic E-state index is 12.1. The molecule has 0 aromatic heterocycles. The number of hydrogen-bond acceptors (Lipinski definition) is 4. The Morgan fingerprint density at radius 2 is 2.24 bits per heavy atom. The van der Waals surface area contributed by atoms with E-state index in [-0.39, 0.29) is 11.3 Å². The van der Waals surface area contributed by atoms with E-state index in [1.165, 1.54) is 18.9 Å². The van der Waals surface area contributed by atoms with Gasteiger partial charge >= 0.3 is 0 Å². The monoisotopic (exact) mass is 287 g/mol. The molecule has 0 heterocycles. The molecule has 3 rings (SSSR count). The summed E-state index contributed by atoms with van der Waals surface area (Å²) in [5.74, 6) is 0.849. The van der Waals surface area contributed by atoms with Crippen molar-refractivity contribution in [1.29, 1.82) is 0 Å². The first-order valence-corrected chi connectivity index (χ1v) is 7.16. The molecule has 2 atom stereocenters. The van der Waals surface area contributed by atoms with E-state index < -0.39 is 10.8 Å². The highest BCUT2D eigenvalue weighted by Crippen LogP contribution is 2.42. The maximum Gasteiger partial charge on any atom is 0.273 e. The maximum atomic E-state index is 12.1. The van der Waals surface area contributed by atoms with Gasteiger partial charge in [-0.25, -0.2) is 5.43 Å². The number of aryl methyl sites for hydroxylation is 1. The van der Waals surface area contributed by atoms with Crippen molar-refractivity contribution in [3.05, 3.63) is 39.4 Å². The van der Waals surface area contributed by atoms with Crippen molar-refractivity contribution in [3.8, 4) is 0 Å². The summed E-state index contributed by atoms with van der Waals surface area (Å²) in [5.41, 5.74) is 4.36. The van der Waals surface area contributed by atoms with Gasteiger partial charge in [-0.15, -0.1) is 0 Å². The Morgan fingerprint density at radius 1 is 1.43 bits per heavy atom. The van der Waals surface area contributed by atoms with Crippen LogP contribution >= 0.6 is 0 Å². The van der Waals surface area contributed by atoms with Gasteiger partial charge in [-0.1, -0.05) is 6.07 Å². The predicted molar refractivity (Wildman–Crippen MR) is 78.2 cm³/mol. The predicted octanol–water partition coefficient (Wildman–Crippen LogP) is 2.81. The Morgan fingerprint density at radius 3 is 2.86 bits per heavy atom. The number of hydrazone groups is 1. The van der Waals surface area contributed by atoms with E-state index in [1.54, 1.807) is 19.1 Å². The van der Waals surface area contributed by atoms with Crippen molar-refractivity contribution < 1.29 is 9.72 Å². The van der Waals surface area contributed by atoms with Crippen LogP contribution in [0.15, 0.2) is 23.3 Å². The zero-order chi connectivity index (χ0) is 15.0. The molecule has 2 unspecified atom stereocenters. The van der Waals surface area contributed by atoms with Crippen molar-refractivity contribution in [3.63, 3.8) is 0 Å². The molecule has 2 bridgehead atoms. The molecule has 21 heavy (non-hydrogen) atoms. The number of fused-ring (bicyclic) bond motifs is 2. The highest BCUT2D eigenvalue weighted by molar-refractivity contribution is 5.97. The van der Waals surface area contributed by atoms with Crippen LogP contribution in [0.3, 0.4) is 0 Å². The van der Waals surface area contributed by atoms with Gasteiger partial charge in [0.05, 0.1) is 4.92 Å². The molecular formula is C15H17N3O3. The third-order valence-corrected chi connectivity index (χ3v) is 4.48. The largest absolute Gasteiger partial charge is 0.273 e. The van der Waals surface area contributed by atoms with E-state index in [0.29, 0.717) is 11.5 Å². The van der Waals surface area contributed by atoms with Crippen LogP contribution in [0.25, 0.3) is 0 Å². The Balaban J connectivity index is 1.72. The number of benzene rings is 1. The standard InChI is InChI=1S/C15H17N3O3/c1-9-2-4-12(8-14(9)18(20)21)15(19)17-16-13-7-10-3-5-11(13)6-10/h2,4,8,10-11H,3,5-7H2,1H3,(H,17,19)/b16-13-. The molecule has 6 nitrogen and oxygen atoms in total. The SMILES string of the molecule is Cc1ccc(C(=O)N/N=C2/CC3CCC2C3)cc1[N+](=O)[O-]. The highest BCUT2D eigenvalue weighted by atomic mass is 16.6.